The Kier molecular flexibility index (Phi) is 5.91. The van der Waals surface area contributed by atoms with E-state index in [9.17, 15) is 14.4 Å². The molecule has 7 heteroatoms. The Bertz CT molecular complexity index is 720. The van der Waals surface area contributed by atoms with Gasteiger partial charge in [0.25, 0.3) is 0 Å². The number of amides is 3. The van der Waals surface area contributed by atoms with Gasteiger partial charge in [-0.1, -0.05) is 30.3 Å². The van der Waals surface area contributed by atoms with E-state index in [1.54, 1.807) is 4.90 Å². The summed E-state index contributed by atoms with van der Waals surface area (Å²) in [5.41, 5.74) is 0.369. The van der Waals surface area contributed by atoms with Crippen LogP contribution in [0.1, 0.15) is 51.6 Å². The van der Waals surface area contributed by atoms with Crippen LogP contribution in [0.4, 0.5) is 9.59 Å². The predicted molar refractivity (Wildman–Crippen MR) is 103 cm³/mol. The second kappa shape index (κ2) is 8.20. The van der Waals surface area contributed by atoms with E-state index in [-0.39, 0.29) is 37.0 Å². The maximum absolute atomic E-state index is 12.8. The van der Waals surface area contributed by atoms with E-state index >= 15 is 0 Å². The molecule has 3 rings (SSSR count). The van der Waals surface area contributed by atoms with Gasteiger partial charge >= 0.3 is 12.2 Å². The summed E-state index contributed by atoms with van der Waals surface area (Å²) in [4.78, 5) is 40.1. The molecule has 2 saturated heterocycles. The topological polar surface area (TPSA) is 76.2 Å². The van der Waals surface area contributed by atoms with Gasteiger partial charge in [-0.2, -0.15) is 0 Å². The van der Waals surface area contributed by atoms with E-state index < -0.39 is 11.7 Å². The molecule has 1 atom stereocenters. The molecule has 1 aromatic carbocycles. The highest BCUT2D eigenvalue weighted by molar-refractivity contribution is 5.93. The molecular weight excluding hydrogens is 360 g/mol. The minimum absolute atomic E-state index is 0.135. The number of likely N-dealkylation sites (tertiary alicyclic amines) is 1. The fraction of sp³-hybridized carbons (Fsp3) is 0.571. The number of piperidine rings is 1. The van der Waals surface area contributed by atoms with Gasteiger partial charge in [0.05, 0.1) is 0 Å². The van der Waals surface area contributed by atoms with Gasteiger partial charge in [0.2, 0.25) is 5.91 Å². The largest absolute Gasteiger partial charge is 0.446 e. The highest BCUT2D eigenvalue weighted by atomic mass is 16.6. The number of nitrogens with zero attached hydrogens (tertiary/aromatic N) is 2. The Labute approximate surface area is 165 Å². The predicted octanol–water partition coefficient (Wildman–Crippen LogP) is 3.74. The van der Waals surface area contributed by atoms with Gasteiger partial charge in [0, 0.05) is 19.5 Å². The van der Waals surface area contributed by atoms with E-state index in [0.717, 1.165) is 5.56 Å². The molecule has 0 radical (unpaired) electrons. The molecule has 2 heterocycles. The summed E-state index contributed by atoms with van der Waals surface area (Å²) < 4.78 is 10.5. The number of imide groups is 1. The molecule has 2 aliphatic heterocycles. The zero-order valence-corrected chi connectivity index (χ0v) is 16.7. The summed E-state index contributed by atoms with van der Waals surface area (Å²) >= 11 is 0. The van der Waals surface area contributed by atoms with Crippen molar-refractivity contribution in [2.45, 2.75) is 51.7 Å². The molecule has 0 bridgehead atoms. The molecule has 2 fully saturated rings. The van der Waals surface area contributed by atoms with Crippen LogP contribution in [0.5, 0.6) is 0 Å². The van der Waals surface area contributed by atoms with E-state index in [0.29, 0.717) is 25.9 Å². The number of hydrogen-bond acceptors (Lipinski definition) is 5. The summed E-state index contributed by atoms with van der Waals surface area (Å²) in [5, 5.41) is 0. The zero-order chi connectivity index (χ0) is 20.3. The number of carbonyl (C=O) groups is 3. The van der Waals surface area contributed by atoms with Gasteiger partial charge in [-0.15, -0.1) is 0 Å². The highest BCUT2D eigenvalue weighted by Gasteiger charge is 2.39. The monoisotopic (exact) mass is 388 g/mol. The molecule has 7 nitrogen and oxygen atoms in total. The SMILES string of the molecule is CC(C)(C)OC(=O)N1CCC(CC(=O)N2C(=O)OC[C@H]2c2ccccc2)CC1. The van der Waals surface area contributed by atoms with Crippen LogP contribution in [0, 0.1) is 5.92 Å². The number of hydrogen-bond donors (Lipinski definition) is 0. The molecule has 3 amide bonds. The Morgan fingerprint density at radius 2 is 1.79 bits per heavy atom. The average molecular weight is 388 g/mol. The Morgan fingerprint density at radius 3 is 2.39 bits per heavy atom. The van der Waals surface area contributed by atoms with Gasteiger partial charge < -0.3 is 14.4 Å². The molecule has 1 aromatic rings. The number of benzene rings is 1. The van der Waals surface area contributed by atoms with Gasteiger partial charge in [-0.3, -0.25) is 4.79 Å². The molecule has 2 aliphatic rings. The third kappa shape index (κ3) is 4.82. The maximum Gasteiger partial charge on any atom is 0.417 e. The molecule has 0 aliphatic carbocycles. The first kappa shape index (κ1) is 20.2. The van der Waals surface area contributed by atoms with Crippen molar-refractivity contribution in [1.82, 2.24) is 9.80 Å². The van der Waals surface area contributed by atoms with Crippen LogP contribution in [-0.2, 0) is 14.3 Å². The first-order valence-corrected chi connectivity index (χ1v) is 9.76. The lowest BCUT2D eigenvalue weighted by Gasteiger charge is -2.33. The molecule has 0 unspecified atom stereocenters. The van der Waals surface area contributed by atoms with Crippen LogP contribution < -0.4 is 0 Å². The second-order valence-corrected chi connectivity index (χ2v) is 8.38. The Hall–Kier alpha value is -2.57. The Balaban J connectivity index is 1.55. The lowest BCUT2D eigenvalue weighted by molar-refractivity contribution is -0.130. The fourth-order valence-corrected chi connectivity index (χ4v) is 3.61. The van der Waals surface area contributed by atoms with Crippen molar-refractivity contribution < 1.29 is 23.9 Å². The van der Waals surface area contributed by atoms with Crippen molar-refractivity contribution in [1.29, 1.82) is 0 Å². The van der Waals surface area contributed by atoms with Crippen LogP contribution in [0.25, 0.3) is 0 Å². The summed E-state index contributed by atoms with van der Waals surface area (Å²) in [6, 6.07) is 9.08. The molecule has 0 aromatic heterocycles. The van der Waals surface area contributed by atoms with E-state index in [4.69, 9.17) is 9.47 Å². The van der Waals surface area contributed by atoms with Gasteiger partial charge in [0.15, 0.2) is 0 Å². The van der Waals surface area contributed by atoms with E-state index in [1.165, 1.54) is 4.90 Å². The third-order valence-electron chi connectivity index (χ3n) is 5.06. The quantitative estimate of drug-likeness (QED) is 0.788. The number of cyclic esters (lactones) is 1. The highest BCUT2D eigenvalue weighted by Crippen LogP contribution is 2.30. The van der Waals surface area contributed by atoms with Crippen LogP contribution >= 0.6 is 0 Å². The lowest BCUT2D eigenvalue weighted by Crippen LogP contribution is -2.43. The first-order valence-electron chi connectivity index (χ1n) is 9.76. The van der Waals surface area contributed by atoms with Crippen molar-refractivity contribution in [3.63, 3.8) is 0 Å². The average Bonchev–Trinajstić information content (AvgIpc) is 3.03. The summed E-state index contributed by atoms with van der Waals surface area (Å²) in [6.45, 7) is 6.82. The molecule has 152 valence electrons. The molecule has 0 spiro atoms. The van der Waals surface area contributed by atoms with Gasteiger partial charge in [0.1, 0.15) is 18.2 Å². The van der Waals surface area contributed by atoms with Crippen molar-refractivity contribution >= 4 is 18.1 Å². The molecule has 28 heavy (non-hydrogen) atoms. The van der Waals surface area contributed by atoms with Crippen LogP contribution in [0.3, 0.4) is 0 Å². The maximum atomic E-state index is 12.8. The van der Waals surface area contributed by atoms with Crippen molar-refractivity contribution in [2.75, 3.05) is 19.7 Å². The van der Waals surface area contributed by atoms with Crippen molar-refractivity contribution in [3.8, 4) is 0 Å². The Morgan fingerprint density at radius 1 is 1.14 bits per heavy atom. The number of ether oxygens (including phenoxy) is 2. The number of rotatable bonds is 3. The van der Waals surface area contributed by atoms with Gasteiger partial charge in [-0.05, 0) is 45.1 Å². The third-order valence-corrected chi connectivity index (χ3v) is 5.06. The van der Waals surface area contributed by atoms with Crippen LogP contribution in [0.15, 0.2) is 30.3 Å². The van der Waals surface area contributed by atoms with Crippen LogP contribution in [-0.4, -0.2) is 53.2 Å². The lowest BCUT2D eigenvalue weighted by atomic mass is 9.93. The summed E-state index contributed by atoms with van der Waals surface area (Å²) in [7, 11) is 0. The standard InChI is InChI=1S/C21H28N2O5/c1-21(2,3)28-19(25)22-11-9-15(10-12-22)13-18(24)23-17(14-27-20(23)26)16-7-5-4-6-8-16/h4-8,15,17H,9-14H2,1-3H3/t17-/m0/s1. The zero-order valence-electron chi connectivity index (χ0n) is 16.7. The molecule has 0 N–H and O–H groups in total. The van der Waals surface area contributed by atoms with E-state index in [2.05, 4.69) is 0 Å². The summed E-state index contributed by atoms with van der Waals surface area (Å²) in [6.07, 6.45) is 0.809. The number of carbonyl (C=O) groups excluding carboxylic acids is 3. The minimum atomic E-state index is -0.579. The van der Waals surface area contributed by atoms with Crippen molar-refractivity contribution in [3.05, 3.63) is 35.9 Å². The fourth-order valence-electron chi connectivity index (χ4n) is 3.61. The van der Waals surface area contributed by atoms with Crippen LogP contribution in [0.2, 0.25) is 0 Å². The van der Waals surface area contributed by atoms with Crippen molar-refractivity contribution in [2.24, 2.45) is 5.92 Å². The molecule has 0 saturated carbocycles. The minimum Gasteiger partial charge on any atom is -0.446 e. The second-order valence-electron chi connectivity index (χ2n) is 8.38. The van der Waals surface area contributed by atoms with Gasteiger partial charge in [-0.25, -0.2) is 14.5 Å². The smallest absolute Gasteiger partial charge is 0.417 e. The summed E-state index contributed by atoms with van der Waals surface area (Å²) in [5.74, 6) is -0.0805. The molecular formula is C21H28N2O5. The first-order chi connectivity index (χ1) is 13.2. The normalized spacial score (nSPS) is 20.8. The van der Waals surface area contributed by atoms with E-state index in [1.807, 2.05) is 51.1 Å².